The second kappa shape index (κ2) is 5.38. The molecule has 20 heavy (non-hydrogen) atoms. The van der Waals surface area contributed by atoms with Gasteiger partial charge in [-0.25, -0.2) is 4.98 Å². The molecule has 1 N–H and O–H groups in total. The van der Waals surface area contributed by atoms with Crippen molar-refractivity contribution >= 4 is 22.3 Å². The molecule has 0 aliphatic heterocycles. The van der Waals surface area contributed by atoms with Crippen LogP contribution in [0.25, 0.3) is 11.0 Å². The van der Waals surface area contributed by atoms with Crippen LogP contribution < -0.4 is 5.32 Å². The van der Waals surface area contributed by atoms with Crippen molar-refractivity contribution < 1.29 is 4.42 Å². The summed E-state index contributed by atoms with van der Waals surface area (Å²) in [5.74, 6) is 0.964. The predicted molar refractivity (Wildman–Crippen MR) is 83.0 cm³/mol. The van der Waals surface area contributed by atoms with Crippen LogP contribution in [0.5, 0.6) is 0 Å². The smallest absolute Gasteiger partial charge is 0.134 e. The summed E-state index contributed by atoms with van der Waals surface area (Å²) in [6.07, 6.45) is 0. The number of benzene rings is 1. The number of hydrogen-bond acceptors (Lipinski definition) is 4. The standard InChI is InChI=1S/C16H18N2OS/c1-10-9-20-16(17-10)12(3)18-11(2)15-8-13-6-4-5-7-14(13)19-15/h4-9,11-12,18H,1-3H3. The lowest BCUT2D eigenvalue weighted by Gasteiger charge is -2.16. The number of thiazole rings is 1. The molecule has 0 aliphatic carbocycles. The van der Waals surface area contributed by atoms with E-state index in [4.69, 9.17) is 4.42 Å². The van der Waals surface area contributed by atoms with Gasteiger partial charge in [-0.05, 0) is 32.9 Å². The van der Waals surface area contributed by atoms with E-state index in [0.717, 1.165) is 27.4 Å². The van der Waals surface area contributed by atoms with Crippen molar-refractivity contribution in [1.82, 2.24) is 10.3 Å². The Balaban J connectivity index is 1.76. The lowest BCUT2D eigenvalue weighted by atomic mass is 10.2. The van der Waals surface area contributed by atoms with Crippen molar-refractivity contribution in [2.24, 2.45) is 0 Å². The molecular formula is C16H18N2OS. The van der Waals surface area contributed by atoms with Crippen LogP contribution in [-0.4, -0.2) is 4.98 Å². The molecule has 2 aromatic heterocycles. The van der Waals surface area contributed by atoms with Crippen molar-refractivity contribution in [3.05, 3.63) is 52.2 Å². The third-order valence-corrected chi connectivity index (χ3v) is 4.52. The largest absolute Gasteiger partial charge is 0.459 e. The number of aromatic nitrogens is 1. The number of para-hydroxylation sites is 1. The zero-order chi connectivity index (χ0) is 14.1. The second-order valence-electron chi connectivity index (χ2n) is 5.12. The van der Waals surface area contributed by atoms with Crippen LogP contribution >= 0.6 is 11.3 Å². The third-order valence-electron chi connectivity index (χ3n) is 3.38. The van der Waals surface area contributed by atoms with E-state index < -0.39 is 0 Å². The fraction of sp³-hybridized carbons (Fsp3) is 0.312. The van der Waals surface area contributed by atoms with Crippen LogP contribution in [0.2, 0.25) is 0 Å². The number of aryl methyl sites for hydroxylation is 1. The summed E-state index contributed by atoms with van der Waals surface area (Å²) in [6.45, 7) is 6.28. The first-order chi connectivity index (χ1) is 9.63. The fourth-order valence-electron chi connectivity index (χ4n) is 2.32. The van der Waals surface area contributed by atoms with Crippen molar-refractivity contribution in [2.75, 3.05) is 0 Å². The topological polar surface area (TPSA) is 38.1 Å². The Kier molecular flexibility index (Phi) is 3.59. The molecule has 0 aliphatic rings. The number of furan rings is 1. The van der Waals surface area contributed by atoms with E-state index in [9.17, 15) is 0 Å². The highest BCUT2D eigenvalue weighted by atomic mass is 32.1. The van der Waals surface area contributed by atoms with Gasteiger partial charge in [0.1, 0.15) is 16.4 Å². The van der Waals surface area contributed by atoms with Gasteiger partial charge in [0.05, 0.1) is 12.1 Å². The lowest BCUT2D eigenvalue weighted by molar-refractivity contribution is 0.416. The Morgan fingerprint density at radius 2 is 2.00 bits per heavy atom. The van der Waals surface area contributed by atoms with Gasteiger partial charge in [-0.15, -0.1) is 11.3 Å². The van der Waals surface area contributed by atoms with Gasteiger partial charge >= 0.3 is 0 Å². The van der Waals surface area contributed by atoms with Gasteiger partial charge < -0.3 is 4.42 Å². The van der Waals surface area contributed by atoms with Crippen LogP contribution in [0.3, 0.4) is 0 Å². The Morgan fingerprint density at radius 1 is 1.20 bits per heavy atom. The molecule has 0 bridgehead atoms. The molecular weight excluding hydrogens is 268 g/mol. The highest BCUT2D eigenvalue weighted by molar-refractivity contribution is 7.09. The summed E-state index contributed by atoms with van der Waals surface area (Å²) in [5, 5.41) is 7.89. The average Bonchev–Trinajstić information content (AvgIpc) is 3.04. The number of hydrogen-bond donors (Lipinski definition) is 1. The number of fused-ring (bicyclic) bond motifs is 1. The first kappa shape index (κ1) is 13.3. The predicted octanol–water partition coefficient (Wildman–Crippen LogP) is 4.61. The minimum Gasteiger partial charge on any atom is -0.459 e. The van der Waals surface area contributed by atoms with Gasteiger partial charge in [-0.3, -0.25) is 5.32 Å². The summed E-state index contributed by atoms with van der Waals surface area (Å²) in [6, 6.07) is 10.6. The van der Waals surface area contributed by atoms with Crippen LogP contribution in [0.4, 0.5) is 0 Å². The number of rotatable bonds is 4. The molecule has 0 amide bonds. The summed E-state index contributed by atoms with van der Waals surface area (Å²) >= 11 is 1.70. The third kappa shape index (κ3) is 2.62. The Bertz CT molecular complexity index is 683. The minimum atomic E-state index is 0.154. The molecule has 0 fully saturated rings. The maximum absolute atomic E-state index is 5.89. The number of nitrogens with one attached hydrogen (secondary N) is 1. The van der Waals surface area contributed by atoms with E-state index in [1.165, 1.54) is 0 Å². The van der Waals surface area contributed by atoms with E-state index in [-0.39, 0.29) is 12.1 Å². The lowest BCUT2D eigenvalue weighted by Crippen LogP contribution is -2.22. The Labute approximate surface area is 122 Å². The highest BCUT2D eigenvalue weighted by Gasteiger charge is 2.16. The molecule has 0 saturated carbocycles. The molecule has 2 atom stereocenters. The van der Waals surface area contributed by atoms with Crippen molar-refractivity contribution in [1.29, 1.82) is 0 Å². The Morgan fingerprint density at radius 3 is 2.70 bits per heavy atom. The highest BCUT2D eigenvalue weighted by Crippen LogP contribution is 2.26. The molecule has 4 heteroatoms. The van der Waals surface area contributed by atoms with E-state index in [1.807, 2.05) is 25.1 Å². The van der Waals surface area contributed by atoms with Crippen molar-refractivity contribution in [3.8, 4) is 0 Å². The normalized spacial score (nSPS) is 14.6. The fourth-order valence-corrected chi connectivity index (χ4v) is 3.13. The van der Waals surface area contributed by atoms with Gasteiger partial charge in [-0.1, -0.05) is 18.2 Å². The molecule has 2 unspecified atom stereocenters. The van der Waals surface area contributed by atoms with Crippen LogP contribution in [0.15, 0.2) is 40.1 Å². The second-order valence-corrected chi connectivity index (χ2v) is 6.01. The van der Waals surface area contributed by atoms with Crippen LogP contribution in [0, 0.1) is 6.92 Å². The SMILES string of the molecule is Cc1csc(C(C)NC(C)c2cc3ccccc3o2)n1. The minimum absolute atomic E-state index is 0.154. The first-order valence-corrected chi connectivity index (χ1v) is 7.68. The molecule has 3 rings (SSSR count). The van der Waals surface area contributed by atoms with Gasteiger partial charge in [-0.2, -0.15) is 0 Å². The van der Waals surface area contributed by atoms with E-state index in [0.29, 0.717) is 0 Å². The average molecular weight is 286 g/mol. The van der Waals surface area contributed by atoms with Gasteiger partial charge in [0.25, 0.3) is 0 Å². The zero-order valence-corrected chi connectivity index (χ0v) is 12.7. The van der Waals surface area contributed by atoms with Gasteiger partial charge in [0.2, 0.25) is 0 Å². The van der Waals surface area contributed by atoms with Gasteiger partial charge in [0, 0.05) is 16.5 Å². The summed E-state index contributed by atoms with van der Waals surface area (Å²) in [5.41, 5.74) is 2.02. The van der Waals surface area contributed by atoms with Gasteiger partial charge in [0.15, 0.2) is 0 Å². The molecule has 2 heterocycles. The van der Waals surface area contributed by atoms with Crippen molar-refractivity contribution in [2.45, 2.75) is 32.9 Å². The molecule has 0 radical (unpaired) electrons. The zero-order valence-electron chi connectivity index (χ0n) is 11.9. The Hall–Kier alpha value is -1.65. The molecule has 0 saturated heterocycles. The maximum atomic E-state index is 5.89. The summed E-state index contributed by atoms with van der Waals surface area (Å²) in [4.78, 5) is 4.53. The molecule has 104 valence electrons. The molecule has 0 spiro atoms. The van der Waals surface area contributed by atoms with E-state index >= 15 is 0 Å². The monoisotopic (exact) mass is 286 g/mol. The van der Waals surface area contributed by atoms with E-state index in [2.05, 4.69) is 41.7 Å². The quantitative estimate of drug-likeness (QED) is 0.761. The van der Waals surface area contributed by atoms with E-state index in [1.54, 1.807) is 11.3 Å². The van der Waals surface area contributed by atoms with Crippen LogP contribution in [0.1, 0.15) is 42.4 Å². The number of nitrogens with zero attached hydrogens (tertiary/aromatic N) is 1. The van der Waals surface area contributed by atoms with Crippen LogP contribution in [-0.2, 0) is 0 Å². The molecule has 3 nitrogen and oxygen atoms in total. The molecule has 1 aromatic carbocycles. The first-order valence-electron chi connectivity index (χ1n) is 6.80. The summed E-state index contributed by atoms with van der Waals surface area (Å²) in [7, 11) is 0. The molecule has 3 aromatic rings. The van der Waals surface area contributed by atoms with Crippen molar-refractivity contribution in [3.63, 3.8) is 0 Å². The maximum Gasteiger partial charge on any atom is 0.134 e. The summed E-state index contributed by atoms with van der Waals surface area (Å²) < 4.78 is 5.89.